The Labute approximate surface area is 138 Å². The molecule has 0 spiro atoms. The third kappa shape index (κ3) is 4.31. The lowest BCUT2D eigenvalue weighted by molar-refractivity contribution is 1.31. The molecule has 0 atom stereocenters. The minimum Gasteiger partial charge on any atom is -0.0901 e. The molecule has 104 valence electrons. The molecule has 3 aromatic rings. The van der Waals surface area contributed by atoms with E-state index in [1.54, 1.807) is 23.5 Å². The second kappa shape index (κ2) is 7.08. The Hall–Kier alpha value is -1.35. The van der Waals surface area contributed by atoms with Crippen molar-refractivity contribution in [2.45, 2.75) is 19.6 Å². The fourth-order valence-electron chi connectivity index (χ4n) is 1.89. The molecular formula is C18H13ClS2. The summed E-state index contributed by atoms with van der Waals surface area (Å²) in [7, 11) is 0. The molecule has 0 heterocycles. The zero-order chi connectivity index (χ0) is 14.5. The van der Waals surface area contributed by atoms with Gasteiger partial charge in [0.05, 0.1) is 0 Å². The van der Waals surface area contributed by atoms with Crippen LogP contribution in [-0.2, 0) is 0 Å². The van der Waals surface area contributed by atoms with Gasteiger partial charge in [-0.1, -0.05) is 65.5 Å². The molecule has 0 aromatic heterocycles. The molecule has 3 aromatic carbocycles. The molecule has 3 heteroatoms. The van der Waals surface area contributed by atoms with E-state index in [4.69, 9.17) is 11.6 Å². The molecule has 21 heavy (non-hydrogen) atoms. The summed E-state index contributed by atoms with van der Waals surface area (Å²) in [6.07, 6.45) is 0. The van der Waals surface area contributed by atoms with Crippen LogP contribution in [0.4, 0.5) is 0 Å². The highest BCUT2D eigenvalue weighted by molar-refractivity contribution is 8.00. The molecular weight excluding hydrogens is 316 g/mol. The Bertz CT molecular complexity index is 726. The van der Waals surface area contributed by atoms with Crippen LogP contribution < -0.4 is 0 Å². The van der Waals surface area contributed by atoms with Crippen LogP contribution in [-0.4, -0.2) is 0 Å². The summed E-state index contributed by atoms with van der Waals surface area (Å²) in [6.45, 7) is 0. The van der Waals surface area contributed by atoms with Crippen molar-refractivity contribution in [3.8, 4) is 0 Å². The Kier molecular flexibility index (Phi) is 4.91. The molecule has 3 rings (SSSR count). The van der Waals surface area contributed by atoms with Crippen molar-refractivity contribution >= 4 is 35.1 Å². The maximum absolute atomic E-state index is 6.03. The molecule has 0 bridgehead atoms. The second-order valence-electron chi connectivity index (χ2n) is 4.45. The Morgan fingerprint density at radius 2 is 1.05 bits per heavy atom. The Morgan fingerprint density at radius 1 is 0.524 bits per heavy atom. The van der Waals surface area contributed by atoms with Crippen molar-refractivity contribution in [1.82, 2.24) is 0 Å². The van der Waals surface area contributed by atoms with E-state index in [0.29, 0.717) is 0 Å². The minimum atomic E-state index is 0.773. The smallest absolute Gasteiger partial charge is 0.0417 e. The first kappa shape index (κ1) is 14.6. The average molecular weight is 329 g/mol. The molecule has 0 aliphatic carbocycles. The van der Waals surface area contributed by atoms with E-state index in [2.05, 4.69) is 54.6 Å². The highest BCUT2D eigenvalue weighted by Crippen LogP contribution is 2.34. The van der Waals surface area contributed by atoms with E-state index >= 15 is 0 Å². The van der Waals surface area contributed by atoms with Gasteiger partial charge in [0.1, 0.15) is 0 Å². The zero-order valence-electron chi connectivity index (χ0n) is 11.2. The van der Waals surface area contributed by atoms with Crippen molar-refractivity contribution in [1.29, 1.82) is 0 Å². The van der Waals surface area contributed by atoms with E-state index < -0.39 is 0 Å². The van der Waals surface area contributed by atoms with E-state index in [-0.39, 0.29) is 0 Å². The predicted octanol–water partition coefficient (Wildman–Crippen LogP) is 6.64. The summed E-state index contributed by atoms with van der Waals surface area (Å²) in [6, 6.07) is 26.9. The predicted molar refractivity (Wildman–Crippen MR) is 92.6 cm³/mol. The van der Waals surface area contributed by atoms with E-state index in [1.165, 1.54) is 14.7 Å². The SMILES string of the molecule is Clc1cccc(Sc2cccc(Sc3ccccc3)c2)c1. The topological polar surface area (TPSA) is 0 Å². The number of hydrogen-bond acceptors (Lipinski definition) is 2. The first-order chi connectivity index (χ1) is 10.3. The molecule has 0 amide bonds. The van der Waals surface area contributed by atoms with Crippen LogP contribution in [0.5, 0.6) is 0 Å². The average Bonchev–Trinajstić information content (AvgIpc) is 2.49. The maximum Gasteiger partial charge on any atom is 0.0417 e. The van der Waals surface area contributed by atoms with Crippen LogP contribution in [0.15, 0.2) is 98.4 Å². The van der Waals surface area contributed by atoms with Gasteiger partial charge in [-0.25, -0.2) is 0 Å². The van der Waals surface area contributed by atoms with Gasteiger partial charge in [0.25, 0.3) is 0 Å². The molecule has 0 saturated carbocycles. The zero-order valence-corrected chi connectivity index (χ0v) is 13.6. The van der Waals surface area contributed by atoms with Gasteiger partial charge in [0, 0.05) is 24.6 Å². The summed E-state index contributed by atoms with van der Waals surface area (Å²) in [5.74, 6) is 0. The molecule has 0 N–H and O–H groups in total. The largest absolute Gasteiger partial charge is 0.0901 e. The molecule has 0 aliphatic heterocycles. The number of halogens is 1. The summed E-state index contributed by atoms with van der Waals surface area (Å²) < 4.78 is 0. The van der Waals surface area contributed by atoms with Crippen molar-refractivity contribution in [2.75, 3.05) is 0 Å². The van der Waals surface area contributed by atoms with Crippen molar-refractivity contribution in [3.63, 3.8) is 0 Å². The van der Waals surface area contributed by atoms with Crippen LogP contribution in [0.3, 0.4) is 0 Å². The Morgan fingerprint density at radius 3 is 1.71 bits per heavy atom. The second-order valence-corrected chi connectivity index (χ2v) is 7.18. The fraction of sp³-hybridized carbons (Fsp3) is 0. The van der Waals surface area contributed by atoms with Crippen molar-refractivity contribution in [3.05, 3.63) is 83.9 Å². The normalized spacial score (nSPS) is 10.5. The minimum absolute atomic E-state index is 0.773. The van der Waals surface area contributed by atoms with Gasteiger partial charge in [-0.2, -0.15) is 0 Å². The lowest BCUT2D eigenvalue weighted by Gasteiger charge is -2.05. The lowest BCUT2D eigenvalue weighted by Crippen LogP contribution is -1.77. The van der Waals surface area contributed by atoms with Crippen LogP contribution >= 0.6 is 35.1 Å². The number of benzene rings is 3. The van der Waals surface area contributed by atoms with Crippen LogP contribution in [0, 0.1) is 0 Å². The van der Waals surface area contributed by atoms with Crippen LogP contribution in [0.25, 0.3) is 0 Å². The summed E-state index contributed by atoms with van der Waals surface area (Å²) >= 11 is 9.54. The third-order valence-electron chi connectivity index (χ3n) is 2.82. The highest BCUT2D eigenvalue weighted by Gasteiger charge is 2.01. The number of hydrogen-bond donors (Lipinski definition) is 0. The van der Waals surface area contributed by atoms with E-state index in [1.807, 2.05) is 24.3 Å². The lowest BCUT2D eigenvalue weighted by atomic mass is 10.4. The standard InChI is InChI=1S/C18H13ClS2/c19-14-6-4-9-16(12-14)21-18-11-5-10-17(13-18)20-15-7-2-1-3-8-15/h1-13H. The van der Waals surface area contributed by atoms with Crippen LogP contribution in [0.2, 0.25) is 5.02 Å². The summed E-state index contributed by atoms with van der Waals surface area (Å²) in [5.41, 5.74) is 0. The van der Waals surface area contributed by atoms with Gasteiger partial charge in [-0.15, -0.1) is 0 Å². The highest BCUT2D eigenvalue weighted by atomic mass is 35.5. The van der Waals surface area contributed by atoms with Gasteiger partial charge >= 0.3 is 0 Å². The van der Waals surface area contributed by atoms with Gasteiger partial charge in [0.15, 0.2) is 0 Å². The van der Waals surface area contributed by atoms with E-state index in [9.17, 15) is 0 Å². The van der Waals surface area contributed by atoms with Gasteiger partial charge in [-0.3, -0.25) is 0 Å². The molecule has 0 saturated heterocycles. The molecule has 0 unspecified atom stereocenters. The number of rotatable bonds is 4. The van der Waals surface area contributed by atoms with Gasteiger partial charge < -0.3 is 0 Å². The van der Waals surface area contributed by atoms with Gasteiger partial charge in [-0.05, 0) is 48.5 Å². The maximum atomic E-state index is 6.03. The molecule has 0 fully saturated rings. The fourth-order valence-corrected chi connectivity index (χ4v) is 4.06. The summed E-state index contributed by atoms with van der Waals surface area (Å²) in [4.78, 5) is 4.87. The molecule has 0 nitrogen and oxygen atoms in total. The quantitative estimate of drug-likeness (QED) is 0.526. The van der Waals surface area contributed by atoms with Crippen LogP contribution in [0.1, 0.15) is 0 Å². The van der Waals surface area contributed by atoms with E-state index in [0.717, 1.165) is 9.92 Å². The summed E-state index contributed by atoms with van der Waals surface area (Å²) in [5, 5.41) is 0.773. The Balaban J connectivity index is 1.77. The molecule has 0 aliphatic rings. The third-order valence-corrected chi connectivity index (χ3v) is 5.03. The first-order valence-electron chi connectivity index (χ1n) is 6.56. The van der Waals surface area contributed by atoms with Crippen molar-refractivity contribution in [2.24, 2.45) is 0 Å². The van der Waals surface area contributed by atoms with Gasteiger partial charge in [0.2, 0.25) is 0 Å². The first-order valence-corrected chi connectivity index (χ1v) is 8.57. The monoisotopic (exact) mass is 328 g/mol. The van der Waals surface area contributed by atoms with Crippen molar-refractivity contribution < 1.29 is 0 Å². The molecule has 0 radical (unpaired) electrons.